The Kier molecular flexibility index (Phi) is 29.1. The first-order valence-electron chi connectivity index (χ1n) is 20.2. The highest BCUT2D eigenvalue weighted by molar-refractivity contribution is 5.80. The summed E-state index contributed by atoms with van der Waals surface area (Å²) < 4.78 is 11.1. The summed E-state index contributed by atoms with van der Waals surface area (Å²) in [5, 5.41) is 64.3. The molecule has 0 radical (unpaired) electrons. The van der Waals surface area contributed by atoms with Crippen molar-refractivity contribution in [3.05, 3.63) is 24.3 Å². The van der Waals surface area contributed by atoms with Crippen molar-refractivity contribution in [2.45, 2.75) is 210 Å². The SMILES string of the molecule is CCCCCCCCC/C=C\CC/C=C/[C@@H](O)[C@H](CO[C@H]1O[C@H](CO)[C@@H](O)[C@H](O)[C@H]1O)NC(=O)[C@H](O)CCCCCCCCCCCCCC. The van der Waals surface area contributed by atoms with Crippen molar-refractivity contribution in [2.24, 2.45) is 0 Å². The minimum atomic E-state index is -1.61. The number of aliphatic hydroxyl groups excluding tert-OH is 6. The Hall–Kier alpha value is -1.37. The van der Waals surface area contributed by atoms with Gasteiger partial charge in [-0.3, -0.25) is 4.79 Å². The molecule has 0 bridgehead atoms. The first-order valence-corrected chi connectivity index (χ1v) is 20.2. The van der Waals surface area contributed by atoms with Crippen LogP contribution in [-0.4, -0.2) is 98.7 Å². The summed E-state index contributed by atoms with van der Waals surface area (Å²) in [6.45, 7) is 3.54. The van der Waals surface area contributed by atoms with Gasteiger partial charge in [-0.15, -0.1) is 0 Å². The Balaban J connectivity index is 2.54. The number of hydrogen-bond acceptors (Lipinski definition) is 9. The zero-order valence-electron chi connectivity index (χ0n) is 31.5. The molecule has 1 rings (SSSR count). The van der Waals surface area contributed by atoms with Crippen LogP contribution in [0.25, 0.3) is 0 Å². The molecule has 7 N–H and O–H groups in total. The van der Waals surface area contributed by atoms with Gasteiger partial charge in [-0.1, -0.05) is 154 Å². The van der Waals surface area contributed by atoms with Crippen LogP contribution in [0.15, 0.2) is 24.3 Å². The second-order valence-electron chi connectivity index (χ2n) is 14.2. The number of amides is 1. The molecule has 0 saturated carbocycles. The molecule has 0 spiro atoms. The Bertz CT molecular complexity index is 855. The third-order valence-electron chi connectivity index (χ3n) is 9.64. The van der Waals surface area contributed by atoms with Gasteiger partial charge in [0, 0.05) is 0 Å². The average Bonchev–Trinajstić information content (AvgIpc) is 3.11. The summed E-state index contributed by atoms with van der Waals surface area (Å²) in [5.74, 6) is -0.628. The van der Waals surface area contributed by atoms with Crippen molar-refractivity contribution in [2.75, 3.05) is 13.2 Å². The van der Waals surface area contributed by atoms with E-state index >= 15 is 0 Å². The maximum absolute atomic E-state index is 12.9. The average molecular weight is 714 g/mol. The monoisotopic (exact) mass is 714 g/mol. The van der Waals surface area contributed by atoms with Gasteiger partial charge in [0.25, 0.3) is 0 Å². The zero-order chi connectivity index (χ0) is 36.8. The summed E-state index contributed by atoms with van der Waals surface area (Å²) in [7, 11) is 0. The van der Waals surface area contributed by atoms with Crippen molar-refractivity contribution < 1.29 is 44.9 Å². The Morgan fingerprint density at radius 1 is 0.680 bits per heavy atom. The van der Waals surface area contributed by atoms with Crippen molar-refractivity contribution in [1.82, 2.24) is 5.32 Å². The van der Waals surface area contributed by atoms with Crippen LogP contribution in [0.1, 0.15) is 162 Å². The Morgan fingerprint density at radius 3 is 1.74 bits per heavy atom. The van der Waals surface area contributed by atoms with Crippen LogP contribution in [0.3, 0.4) is 0 Å². The largest absolute Gasteiger partial charge is 0.394 e. The zero-order valence-corrected chi connectivity index (χ0v) is 31.5. The highest BCUT2D eigenvalue weighted by Crippen LogP contribution is 2.22. The standard InChI is InChI=1S/C40H75NO9/c1-3-5-7-9-11-13-15-17-19-20-22-24-26-28-33(43)32(31-49-40-38(47)37(46)36(45)35(30-42)50-40)41-39(48)34(44)29-27-25-23-21-18-16-14-12-10-8-6-4-2/h19-20,26,28,32-38,40,42-47H,3-18,21-25,27,29-31H2,1-2H3,(H,41,48)/b20-19-,28-26+/t32-,33+,34+,35+,36+,37-,38+,40-/m0/s1. The molecule has 1 amide bonds. The van der Waals surface area contributed by atoms with E-state index < -0.39 is 61.5 Å². The molecule has 0 unspecified atom stereocenters. The van der Waals surface area contributed by atoms with Crippen LogP contribution in [0.5, 0.6) is 0 Å². The van der Waals surface area contributed by atoms with Gasteiger partial charge in [0.05, 0.1) is 25.4 Å². The lowest BCUT2D eigenvalue weighted by Gasteiger charge is -2.40. The van der Waals surface area contributed by atoms with E-state index in [1.807, 2.05) is 6.08 Å². The minimum absolute atomic E-state index is 0.306. The molecule has 0 aliphatic carbocycles. The predicted octanol–water partition coefficient (Wildman–Crippen LogP) is 6.13. The summed E-state index contributed by atoms with van der Waals surface area (Å²) >= 11 is 0. The van der Waals surface area contributed by atoms with E-state index in [1.165, 1.54) is 96.3 Å². The summed E-state index contributed by atoms with van der Waals surface area (Å²) in [5.41, 5.74) is 0. The van der Waals surface area contributed by atoms with Gasteiger partial charge in [-0.05, 0) is 32.1 Å². The van der Waals surface area contributed by atoms with E-state index in [4.69, 9.17) is 9.47 Å². The van der Waals surface area contributed by atoms with Crippen LogP contribution in [0.2, 0.25) is 0 Å². The number of aliphatic hydroxyl groups is 6. The quantitative estimate of drug-likeness (QED) is 0.0320. The number of hydrogen-bond donors (Lipinski definition) is 7. The fourth-order valence-electron chi connectivity index (χ4n) is 6.24. The summed E-state index contributed by atoms with van der Waals surface area (Å²) in [6.07, 6.45) is 24.1. The second-order valence-corrected chi connectivity index (χ2v) is 14.2. The molecular weight excluding hydrogens is 638 g/mol. The molecule has 0 aromatic heterocycles. The molecule has 294 valence electrons. The van der Waals surface area contributed by atoms with Gasteiger partial charge in [0.2, 0.25) is 5.91 Å². The summed E-state index contributed by atoms with van der Waals surface area (Å²) in [6, 6.07) is -0.990. The molecule has 1 fully saturated rings. The number of ether oxygens (including phenoxy) is 2. The highest BCUT2D eigenvalue weighted by atomic mass is 16.7. The van der Waals surface area contributed by atoms with Gasteiger partial charge >= 0.3 is 0 Å². The molecule has 1 heterocycles. The number of unbranched alkanes of at least 4 members (excludes halogenated alkanes) is 19. The van der Waals surface area contributed by atoms with Gasteiger partial charge in [0.15, 0.2) is 6.29 Å². The number of rotatable bonds is 32. The lowest BCUT2D eigenvalue weighted by atomic mass is 9.99. The van der Waals surface area contributed by atoms with Crippen molar-refractivity contribution in [3.63, 3.8) is 0 Å². The van der Waals surface area contributed by atoms with Gasteiger partial charge in [-0.25, -0.2) is 0 Å². The van der Waals surface area contributed by atoms with Crippen molar-refractivity contribution in [1.29, 1.82) is 0 Å². The maximum atomic E-state index is 12.9. The smallest absolute Gasteiger partial charge is 0.249 e. The van der Waals surface area contributed by atoms with Crippen LogP contribution in [0, 0.1) is 0 Å². The normalized spacial score (nSPS) is 23.1. The molecule has 0 aromatic carbocycles. The molecule has 50 heavy (non-hydrogen) atoms. The maximum Gasteiger partial charge on any atom is 0.249 e. The second kappa shape index (κ2) is 31.2. The van der Waals surface area contributed by atoms with Crippen LogP contribution >= 0.6 is 0 Å². The number of carbonyl (C=O) groups is 1. The topological polar surface area (TPSA) is 169 Å². The van der Waals surface area contributed by atoms with Crippen molar-refractivity contribution in [3.8, 4) is 0 Å². The fourth-order valence-corrected chi connectivity index (χ4v) is 6.24. The molecule has 10 nitrogen and oxygen atoms in total. The van der Waals surface area contributed by atoms with Crippen LogP contribution in [-0.2, 0) is 14.3 Å². The van der Waals surface area contributed by atoms with E-state index in [9.17, 15) is 35.4 Å². The van der Waals surface area contributed by atoms with E-state index in [2.05, 4.69) is 31.3 Å². The molecule has 8 atom stereocenters. The third-order valence-corrected chi connectivity index (χ3v) is 9.64. The Morgan fingerprint density at radius 2 is 1.18 bits per heavy atom. The van der Waals surface area contributed by atoms with Gasteiger partial charge < -0.3 is 45.4 Å². The highest BCUT2D eigenvalue weighted by Gasteiger charge is 2.44. The first kappa shape index (κ1) is 46.7. The van der Waals surface area contributed by atoms with Crippen LogP contribution in [0.4, 0.5) is 0 Å². The lowest BCUT2D eigenvalue weighted by molar-refractivity contribution is -0.302. The van der Waals surface area contributed by atoms with E-state index in [0.29, 0.717) is 19.3 Å². The fraction of sp³-hybridized carbons (Fsp3) is 0.875. The molecule has 1 aliphatic rings. The molecule has 0 aromatic rings. The summed E-state index contributed by atoms with van der Waals surface area (Å²) in [4.78, 5) is 12.9. The van der Waals surface area contributed by atoms with E-state index in [-0.39, 0.29) is 6.61 Å². The number of carbonyl (C=O) groups excluding carboxylic acids is 1. The number of allylic oxidation sites excluding steroid dienone is 3. The lowest BCUT2D eigenvalue weighted by Crippen LogP contribution is -2.60. The predicted molar refractivity (Wildman–Crippen MR) is 199 cm³/mol. The van der Waals surface area contributed by atoms with Gasteiger partial charge in [-0.2, -0.15) is 0 Å². The van der Waals surface area contributed by atoms with E-state index in [0.717, 1.165) is 32.1 Å². The van der Waals surface area contributed by atoms with Gasteiger partial charge in [0.1, 0.15) is 30.5 Å². The molecule has 1 aliphatic heterocycles. The van der Waals surface area contributed by atoms with Crippen LogP contribution < -0.4 is 5.32 Å². The third kappa shape index (κ3) is 21.9. The first-order chi connectivity index (χ1) is 24.3. The molecule has 1 saturated heterocycles. The molecule has 10 heteroatoms. The molecular formula is C40H75NO9. The Labute approximate surface area is 303 Å². The van der Waals surface area contributed by atoms with Crippen molar-refractivity contribution >= 4 is 5.91 Å². The van der Waals surface area contributed by atoms with E-state index in [1.54, 1.807) is 6.08 Å². The minimum Gasteiger partial charge on any atom is -0.394 e. The number of nitrogens with one attached hydrogen (secondary N) is 1.